The van der Waals surface area contributed by atoms with Crippen molar-refractivity contribution in [2.75, 3.05) is 51.3 Å². The van der Waals surface area contributed by atoms with E-state index in [1.807, 2.05) is 18.2 Å². The molecule has 6 nitrogen and oxygen atoms in total. The van der Waals surface area contributed by atoms with Crippen LogP contribution >= 0.6 is 11.6 Å². The molecule has 0 aromatic heterocycles. The number of nitrogens with one attached hydrogen (secondary N) is 1. The predicted molar refractivity (Wildman–Crippen MR) is 121 cm³/mol. The maximum atomic E-state index is 12.6. The Bertz CT molecular complexity index is 834. The highest BCUT2D eigenvalue weighted by Gasteiger charge is 2.30. The number of benzene rings is 2. The third kappa shape index (κ3) is 5.80. The number of halogens is 1. The summed E-state index contributed by atoms with van der Waals surface area (Å²) in [4.78, 5) is 17.3. The Morgan fingerprint density at radius 2 is 1.73 bits per heavy atom. The van der Waals surface area contributed by atoms with Gasteiger partial charge in [0.1, 0.15) is 11.5 Å². The Kier molecular flexibility index (Phi) is 7.45. The van der Waals surface area contributed by atoms with Gasteiger partial charge in [0.2, 0.25) is 0 Å². The average molecular weight is 432 g/mol. The molecule has 1 amide bonds. The lowest BCUT2D eigenvalue weighted by molar-refractivity contribution is -0.134. The van der Waals surface area contributed by atoms with E-state index in [2.05, 4.69) is 21.2 Å². The van der Waals surface area contributed by atoms with E-state index in [0.717, 1.165) is 44.2 Å². The summed E-state index contributed by atoms with van der Waals surface area (Å²) in [7, 11) is 1.70. The number of para-hydroxylation sites is 2. The second kappa shape index (κ2) is 10.0. The van der Waals surface area contributed by atoms with E-state index in [1.54, 1.807) is 45.2 Å². The van der Waals surface area contributed by atoms with Gasteiger partial charge in [-0.25, -0.2) is 0 Å². The van der Waals surface area contributed by atoms with E-state index in [4.69, 9.17) is 21.1 Å². The molecule has 1 saturated heterocycles. The molecular weight excluding hydrogens is 402 g/mol. The van der Waals surface area contributed by atoms with Crippen LogP contribution in [0.4, 0.5) is 5.69 Å². The highest BCUT2D eigenvalue weighted by atomic mass is 35.5. The summed E-state index contributed by atoms with van der Waals surface area (Å²) < 4.78 is 11.3. The SMILES string of the molecule is COc1ccccc1N1CCN(CCNC(=O)C(C)(C)Oc2ccc(Cl)cc2)CC1. The zero-order valence-electron chi connectivity index (χ0n) is 17.9. The summed E-state index contributed by atoms with van der Waals surface area (Å²) in [5, 5.41) is 3.63. The van der Waals surface area contributed by atoms with E-state index in [9.17, 15) is 4.79 Å². The third-order valence-electron chi connectivity index (χ3n) is 5.25. The molecule has 0 spiro atoms. The van der Waals surface area contributed by atoms with Crippen molar-refractivity contribution < 1.29 is 14.3 Å². The van der Waals surface area contributed by atoms with Crippen molar-refractivity contribution >= 4 is 23.2 Å². The zero-order valence-corrected chi connectivity index (χ0v) is 18.6. The monoisotopic (exact) mass is 431 g/mol. The van der Waals surface area contributed by atoms with Gasteiger partial charge in [-0.2, -0.15) is 0 Å². The first kappa shape index (κ1) is 22.2. The molecule has 0 saturated carbocycles. The van der Waals surface area contributed by atoms with E-state index in [1.165, 1.54) is 0 Å². The van der Waals surface area contributed by atoms with Gasteiger partial charge in [0.25, 0.3) is 5.91 Å². The van der Waals surface area contributed by atoms with Crippen molar-refractivity contribution in [2.45, 2.75) is 19.4 Å². The summed E-state index contributed by atoms with van der Waals surface area (Å²) >= 11 is 5.90. The van der Waals surface area contributed by atoms with Crippen LogP contribution in [0.25, 0.3) is 0 Å². The summed E-state index contributed by atoms with van der Waals surface area (Å²) in [6, 6.07) is 15.1. The van der Waals surface area contributed by atoms with Crippen LogP contribution in [-0.4, -0.2) is 62.8 Å². The Morgan fingerprint density at radius 3 is 2.40 bits per heavy atom. The maximum Gasteiger partial charge on any atom is 0.263 e. The molecule has 0 unspecified atom stereocenters. The zero-order chi connectivity index (χ0) is 21.6. The molecule has 2 aromatic rings. The van der Waals surface area contributed by atoms with Crippen molar-refractivity contribution in [2.24, 2.45) is 0 Å². The standard InChI is InChI=1S/C23H30ClN3O3/c1-23(2,30-19-10-8-18(24)9-11-19)22(28)25-12-13-26-14-16-27(17-15-26)20-6-4-5-7-21(20)29-3/h4-11H,12-17H2,1-3H3,(H,25,28). The first-order valence-electron chi connectivity index (χ1n) is 10.2. The quantitative estimate of drug-likeness (QED) is 0.693. The molecular formula is C23H30ClN3O3. The fraction of sp³-hybridized carbons (Fsp3) is 0.435. The van der Waals surface area contributed by atoms with Gasteiger partial charge in [-0.05, 0) is 50.2 Å². The Morgan fingerprint density at radius 1 is 1.07 bits per heavy atom. The number of anilines is 1. The first-order chi connectivity index (χ1) is 14.4. The Labute approximate surface area is 183 Å². The largest absolute Gasteiger partial charge is 0.495 e. The lowest BCUT2D eigenvalue weighted by Gasteiger charge is -2.36. The normalized spacial score (nSPS) is 15.0. The van der Waals surface area contributed by atoms with Crippen LogP contribution < -0.4 is 19.7 Å². The van der Waals surface area contributed by atoms with Crippen molar-refractivity contribution in [3.8, 4) is 11.5 Å². The molecule has 1 fully saturated rings. The molecule has 1 heterocycles. The van der Waals surface area contributed by atoms with Crippen molar-refractivity contribution in [3.63, 3.8) is 0 Å². The number of carbonyl (C=O) groups excluding carboxylic acids is 1. The minimum absolute atomic E-state index is 0.134. The van der Waals surface area contributed by atoms with Gasteiger partial charge in [0, 0.05) is 44.3 Å². The number of carbonyl (C=O) groups is 1. The van der Waals surface area contributed by atoms with Crippen LogP contribution in [0.5, 0.6) is 11.5 Å². The van der Waals surface area contributed by atoms with Gasteiger partial charge in [-0.1, -0.05) is 23.7 Å². The molecule has 1 aliphatic rings. The van der Waals surface area contributed by atoms with Crippen LogP contribution in [0.1, 0.15) is 13.8 Å². The average Bonchev–Trinajstić information content (AvgIpc) is 2.75. The second-order valence-electron chi connectivity index (χ2n) is 7.82. The maximum absolute atomic E-state index is 12.6. The summed E-state index contributed by atoms with van der Waals surface area (Å²) in [5.74, 6) is 1.39. The van der Waals surface area contributed by atoms with Crippen LogP contribution in [0.15, 0.2) is 48.5 Å². The molecule has 0 bridgehead atoms. The lowest BCUT2D eigenvalue weighted by Crippen LogP contribution is -2.51. The number of ether oxygens (including phenoxy) is 2. The summed E-state index contributed by atoms with van der Waals surface area (Å²) in [6.45, 7) is 8.67. The Balaban J connectivity index is 1.42. The van der Waals surface area contributed by atoms with E-state index >= 15 is 0 Å². The minimum Gasteiger partial charge on any atom is -0.495 e. The molecule has 1 aliphatic heterocycles. The predicted octanol–water partition coefficient (Wildman–Crippen LogP) is 3.44. The molecule has 2 aromatic carbocycles. The molecule has 30 heavy (non-hydrogen) atoms. The third-order valence-corrected chi connectivity index (χ3v) is 5.50. The number of rotatable bonds is 8. The van der Waals surface area contributed by atoms with E-state index in [-0.39, 0.29) is 5.91 Å². The first-order valence-corrected chi connectivity index (χ1v) is 10.6. The van der Waals surface area contributed by atoms with Crippen LogP contribution in [0.3, 0.4) is 0 Å². The van der Waals surface area contributed by atoms with Crippen molar-refractivity contribution in [3.05, 3.63) is 53.6 Å². The van der Waals surface area contributed by atoms with Gasteiger partial charge >= 0.3 is 0 Å². The van der Waals surface area contributed by atoms with Gasteiger partial charge in [-0.15, -0.1) is 0 Å². The van der Waals surface area contributed by atoms with Gasteiger partial charge in [-0.3, -0.25) is 9.69 Å². The topological polar surface area (TPSA) is 54.0 Å². The highest BCUT2D eigenvalue weighted by molar-refractivity contribution is 6.30. The number of hydrogen-bond donors (Lipinski definition) is 1. The molecule has 162 valence electrons. The fourth-order valence-corrected chi connectivity index (χ4v) is 3.61. The van der Waals surface area contributed by atoms with Gasteiger partial charge in [0.15, 0.2) is 5.60 Å². The summed E-state index contributed by atoms with van der Waals surface area (Å²) in [6.07, 6.45) is 0. The van der Waals surface area contributed by atoms with Crippen LogP contribution in [0, 0.1) is 0 Å². The number of piperazine rings is 1. The van der Waals surface area contributed by atoms with Crippen LogP contribution in [0.2, 0.25) is 5.02 Å². The molecule has 1 N–H and O–H groups in total. The highest BCUT2D eigenvalue weighted by Crippen LogP contribution is 2.28. The van der Waals surface area contributed by atoms with Crippen molar-refractivity contribution in [1.82, 2.24) is 10.2 Å². The molecule has 0 aliphatic carbocycles. The number of amides is 1. The Hall–Kier alpha value is -2.44. The molecule has 0 atom stereocenters. The lowest BCUT2D eigenvalue weighted by atomic mass is 10.1. The van der Waals surface area contributed by atoms with E-state index in [0.29, 0.717) is 17.3 Å². The van der Waals surface area contributed by atoms with E-state index < -0.39 is 5.60 Å². The molecule has 0 radical (unpaired) electrons. The molecule has 7 heteroatoms. The van der Waals surface area contributed by atoms with Gasteiger partial charge in [0.05, 0.1) is 12.8 Å². The van der Waals surface area contributed by atoms with Crippen molar-refractivity contribution in [1.29, 1.82) is 0 Å². The van der Waals surface area contributed by atoms with Crippen LogP contribution in [-0.2, 0) is 4.79 Å². The molecule has 3 rings (SSSR count). The second-order valence-corrected chi connectivity index (χ2v) is 8.26. The summed E-state index contributed by atoms with van der Waals surface area (Å²) in [5.41, 5.74) is 0.171. The van der Waals surface area contributed by atoms with Gasteiger partial charge < -0.3 is 19.7 Å². The number of nitrogens with zero attached hydrogens (tertiary/aromatic N) is 2. The minimum atomic E-state index is -0.962. The smallest absolute Gasteiger partial charge is 0.263 e. The number of hydrogen-bond acceptors (Lipinski definition) is 5. The fourth-order valence-electron chi connectivity index (χ4n) is 3.49. The number of methoxy groups -OCH3 is 1.